The van der Waals surface area contributed by atoms with Gasteiger partial charge in [0.05, 0.1) is 5.70 Å². The molecule has 6 heteroatoms. The monoisotopic (exact) mass is 456 g/mol. The summed E-state index contributed by atoms with van der Waals surface area (Å²) < 4.78 is 9.57. The molecule has 0 radical (unpaired) electrons. The smallest absolute Gasteiger partial charge is 0.226 e. The zero-order valence-electron chi connectivity index (χ0n) is 15.9. The predicted octanol–water partition coefficient (Wildman–Crippen LogP) is 5.60. The Bertz CT molecular complexity index is 1260. The van der Waals surface area contributed by atoms with Gasteiger partial charge in [-0.15, -0.1) is 0 Å². The molecule has 2 aliphatic rings. The highest BCUT2D eigenvalue weighted by atomic mass is 79.9. The number of para-hydroxylation sites is 1. The summed E-state index contributed by atoms with van der Waals surface area (Å²) in [7, 11) is 0. The van der Waals surface area contributed by atoms with Gasteiger partial charge in [0, 0.05) is 15.6 Å². The maximum absolute atomic E-state index is 6.59. The molecule has 6 rings (SSSR count). The molecule has 2 aliphatic heterocycles. The van der Waals surface area contributed by atoms with Crippen molar-refractivity contribution in [1.82, 2.24) is 14.8 Å². The van der Waals surface area contributed by atoms with Crippen molar-refractivity contribution in [1.29, 1.82) is 0 Å². The van der Waals surface area contributed by atoms with E-state index >= 15 is 0 Å². The minimum Gasteiger partial charge on any atom is -0.480 e. The van der Waals surface area contributed by atoms with Gasteiger partial charge in [-0.1, -0.05) is 70.5 Å². The molecule has 0 spiro atoms. The minimum atomic E-state index is -0.241. The number of hydrogen-bond acceptors (Lipinski definition) is 4. The van der Waals surface area contributed by atoms with Crippen LogP contribution in [0.4, 0.5) is 5.95 Å². The lowest BCUT2D eigenvalue weighted by atomic mass is 9.85. The largest absolute Gasteiger partial charge is 0.480 e. The molecule has 2 atom stereocenters. The number of fused-ring (bicyclic) bond motifs is 3. The Morgan fingerprint density at radius 1 is 0.867 bits per heavy atom. The fourth-order valence-electron chi connectivity index (χ4n) is 4.29. The highest BCUT2D eigenvalue weighted by Gasteiger charge is 2.40. The van der Waals surface area contributed by atoms with Crippen LogP contribution in [-0.4, -0.2) is 14.8 Å². The van der Waals surface area contributed by atoms with Crippen LogP contribution in [0.5, 0.6) is 5.75 Å². The zero-order valence-corrected chi connectivity index (χ0v) is 17.5. The molecule has 3 heterocycles. The molecule has 3 aromatic carbocycles. The average Bonchev–Trinajstić information content (AvgIpc) is 3.27. The molecule has 0 saturated carbocycles. The lowest BCUT2D eigenvalue weighted by Crippen LogP contribution is -2.32. The Kier molecular flexibility index (Phi) is 3.99. The second kappa shape index (κ2) is 6.85. The van der Waals surface area contributed by atoms with Crippen molar-refractivity contribution in [3.63, 3.8) is 0 Å². The number of nitrogens with zero attached hydrogens (tertiary/aromatic N) is 3. The molecule has 4 aromatic rings. The summed E-state index contributed by atoms with van der Waals surface area (Å²) in [5.74, 6) is 1.59. The van der Waals surface area contributed by atoms with Crippen molar-refractivity contribution in [2.24, 2.45) is 0 Å². The van der Waals surface area contributed by atoms with E-state index in [9.17, 15) is 0 Å². The summed E-state index contributed by atoms with van der Waals surface area (Å²) in [4.78, 5) is 4.47. The van der Waals surface area contributed by atoms with E-state index in [2.05, 4.69) is 73.8 Å². The van der Waals surface area contributed by atoms with E-state index in [0.717, 1.165) is 44.1 Å². The molecule has 146 valence electrons. The first-order valence-electron chi connectivity index (χ1n) is 9.76. The van der Waals surface area contributed by atoms with E-state index in [1.807, 2.05) is 41.1 Å². The summed E-state index contributed by atoms with van der Waals surface area (Å²) >= 11 is 3.55. The normalized spacial score (nSPS) is 19.2. The SMILES string of the molecule is Brc1ccc([C@@H]2C3=C(Nc4ncnn42)c2ccccc2O[C@@H]3c2ccccc2)cc1. The van der Waals surface area contributed by atoms with E-state index in [4.69, 9.17) is 4.74 Å². The van der Waals surface area contributed by atoms with Gasteiger partial charge in [-0.3, -0.25) is 0 Å². The van der Waals surface area contributed by atoms with Gasteiger partial charge in [-0.2, -0.15) is 10.1 Å². The second-order valence-electron chi connectivity index (χ2n) is 7.34. The zero-order chi connectivity index (χ0) is 20.1. The molecule has 0 fully saturated rings. The van der Waals surface area contributed by atoms with Crippen LogP contribution in [0.2, 0.25) is 0 Å². The molecule has 0 bridgehead atoms. The van der Waals surface area contributed by atoms with Crippen molar-refractivity contribution in [2.75, 3.05) is 5.32 Å². The highest BCUT2D eigenvalue weighted by molar-refractivity contribution is 9.10. The topological polar surface area (TPSA) is 52.0 Å². The summed E-state index contributed by atoms with van der Waals surface area (Å²) in [5.41, 5.74) is 5.44. The van der Waals surface area contributed by atoms with E-state index in [1.165, 1.54) is 0 Å². The third kappa shape index (κ3) is 2.68. The molecule has 30 heavy (non-hydrogen) atoms. The van der Waals surface area contributed by atoms with Crippen LogP contribution in [0.15, 0.2) is 95.2 Å². The van der Waals surface area contributed by atoms with Gasteiger partial charge in [0.2, 0.25) is 5.95 Å². The maximum Gasteiger partial charge on any atom is 0.226 e. The minimum absolute atomic E-state index is 0.134. The van der Waals surface area contributed by atoms with Crippen LogP contribution in [0.1, 0.15) is 28.8 Å². The number of benzene rings is 3. The molecule has 0 unspecified atom stereocenters. The summed E-state index contributed by atoms with van der Waals surface area (Å²) in [6, 6.07) is 26.7. The van der Waals surface area contributed by atoms with Crippen LogP contribution < -0.4 is 10.1 Å². The van der Waals surface area contributed by atoms with Crippen LogP contribution >= 0.6 is 15.9 Å². The Morgan fingerprint density at radius 3 is 2.47 bits per heavy atom. The Labute approximate surface area is 182 Å². The molecule has 5 nitrogen and oxygen atoms in total. The van der Waals surface area contributed by atoms with Crippen molar-refractivity contribution in [2.45, 2.75) is 12.1 Å². The summed E-state index contributed by atoms with van der Waals surface area (Å²) in [6.45, 7) is 0. The predicted molar refractivity (Wildman–Crippen MR) is 119 cm³/mol. The standard InChI is InChI=1S/C24H17BrN4O/c25-17-12-10-15(11-13-17)22-20-21(28-24-26-14-27-29(22)24)18-8-4-5-9-19(18)30-23(20)16-6-2-1-3-7-16/h1-14,22-23H,(H,26,27,28)/t22-,23-/m1/s1. The summed E-state index contributed by atoms with van der Waals surface area (Å²) in [6.07, 6.45) is 1.35. The number of anilines is 1. The van der Waals surface area contributed by atoms with Crippen LogP contribution in [0.3, 0.4) is 0 Å². The maximum atomic E-state index is 6.59. The van der Waals surface area contributed by atoms with Crippen LogP contribution in [-0.2, 0) is 0 Å². The number of aromatic nitrogens is 3. The van der Waals surface area contributed by atoms with Crippen LogP contribution in [0.25, 0.3) is 5.70 Å². The van der Waals surface area contributed by atoms with Gasteiger partial charge in [0.25, 0.3) is 0 Å². The number of ether oxygens (including phenoxy) is 1. The third-order valence-electron chi connectivity index (χ3n) is 5.61. The van der Waals surface area contributed by atoms with Gasteiger partial charge < -0.3 is 10.1 Å². The van der Waals surface area contributed by atoms with Gasteiger partial charge in [-0.05, 0) is 35.4 Å². The van der Waals surface area contributed by atoms with E-state index < -0.39 is 0 Å². The number of halogens is 1. The lowest BCUT2D eigenvalue weighted by molar-refractivity contribution is 0.223. The number of rotatable bonds is 2. The van der Waals surface area contributed by atoms with Gasteiger partial charge >= 0.3 is 0 Å². The van der Waals surface area contributed by atoms with Gasteiger partial charge in [-0.25, -0.2) is 4.68 Å². The van der Waals surface area contributed by atoms with Crippen LogP contribution in [0, 0.1) is 0 Å². The Morgan fingerprint density at radius 2 is 1.63 bits per heavy atom. The molecule has 0 saturated heterocycles. The van der Waals surface area contributed by atoms with E-state index in [0.29, 0.717) is 0 Å². The van der Waals surface area contributed by atoms with Crippen molar-refractivity contribution in [3.8, 4) is 5.75 Å². The second-order valence-corrected chi connectivity index (χ2v) is 8.26. The molecule has 0 amide bonds. The fraction of sp³-hybridized carbons (Fsp3) is 0.0833. The van der Waals surface area contributed by atoms with Gasteiger partial charge in [0.15, 0.2) is 0 Å². The van der Waals surface area contributed by atoms with E-state index in [1.54, 1.807) is 6.33 Å². The first-order valence-corrected chi connectivity index (χ1v) is 10.6. The van der Waals surface area contributed by atoms with Gasteiger partial charge in [0.1, 0.15) is 24.2 Å². The Balaban J connectivity index is 1.63. The molecular weight excluding hydrogens is 440 g/mol. The fourth-order valence-corrected chi connectivity index (χ4v) is 4.55. The summed E-state index contributed by atoms with van der Waals surface area (Å²) in [5, 5.41) is 8.08. The third-order valence-corrected chi connectivity index (χ3v) is 6.14. The quantitative estimate of drug-likeness (QED) is 0.426. The molecule has 1 aromatic heterocycles. The van der Waals surface area contributed by atoms with Crippen molar-refractivity contribution >= 4 is 27.6 Å². The first kappa shape index (κ1) is 17.5. The highest BCUT2D eigenvalue weighted by Crippen LogP contribution is 2.50. The van der Waals surface area contributed by atoms with Crippen molar-refractivity contribution < 1.29 is 4.74 Å². The first-order chi connectivity index (χ1) is 14.8. The van der Waals surface area contributed by atoms with Crippen molar-refractivity contribution in [3.05, 3.63) is 112 Å². The molecular formula is C24H17BrN4O. The number of hydrogen-bond donors (Lipinski definition) is 1. The molecule has 0 aliphatic carbocycles. The molecule has 1 N–H and O–H groups in total. The Hall–Kier alpha value is -3.38. The van der Waals surface area contributed by atoms with E-state index in [-0.39, 0.29) is 12.1 Å². The average molecular weight is 457 g/mol. The number of nitrogens with one attached hydrogen (secondary N) is 1. The lowest BCUT2D eigenvalue weighted by Gasteiger charge is -2.39.